The molecule has 0 saturated carbocycles. The van der Waals surface area contributed by atoms with E-state index in [0.717, 1.165) is 11.3 Å². The van der Waals surface area contributed by atoms with Gasteiger partial charge in [0.05, 0.1) is 23.5 Å². The molecule has 2 N–H and O–H groups in total. The first-order valence-electron chi connectivity index (χ1n) is 11.5. The summed E-state index contributed by atoms with van der Waals surface area (Å²) in [7, 11) is 0. The van der Waals surface area contributed by atoms with Crippen LogP contribution in [0.15, 0.2) is 54.7 Å². The monoisotopic (exact) mass is 479 g/mol. The highest BCUT2D eigenvalue weighted by Crippen LogP contribution is 2.41. The zero-order valence-corrected chi connectivity index (χ0v) is 20.7. The SMILES string of the molecule is Cc1cc([C@H]2[C@@H](c3ccccn3)NC(=S)N2CCC(=O)Nc2ccccc2F)c(C)n1C(C)C. The molecule has 0 radical (unpaired) electrons. The molecular formula is C26H30FN5OS. The largest absolute Gasteiger partial charge is 0.352 e. The van der Waals surface area contributed by atoms with Crippen LogP contribution >= 0.6 is 12.2 Å². The molecule has 1 aromatic carbocycles. The first kappa shape index (κ1) is 23.9. The Kier molecular flexibility index (Phi) is 6.97. The van der Waals surface area contributed by atoms with Gasteiger partial charge in [0.2, 0.25) is 5.91 Å². The summed E-state index contributed by atoms with van der Waals surface area (Å²) in [5, 5.41) is 6.67. The van der Waals surface area contributed by atoms with Crippen LogP contribution in [0.25, 0.3) is 0 Å². The van der Waals surface area contributed by atoms with E-state index in [2.05, 4.69) is 58.8 Å². The van der Waals surface area contributed by atoms with Gasteiger partial charge in [0, 0.05) is 36.6 Å². The summed E-state index contributed by atoms with van der Waals surface area (Å²) in [5.74, 6) is -0.719. The number of pyridine rings is 1. The molecule has 3 heterocycles. The van der Waals surface area contributed by atoms with E-state index < -0.39 is 5.82 Å². The van der Waals surface area contributed by atoms with Gasteiger partial charge in [-0.3, -0.25) is 9.78 Å². The van der Waals surface area contributed by atoms with Gasteiger partial charge in [0.25, 0.3) is 0 Å². The summed E-state index contributed by atoms with van der Waals surface area (Å²) >= 11 is 5.72. The minimum Gasteiger partial charge on any atom is -0.352 e. The van der Waals surface area contributed by atoms with Gasteiger partial charge in [-0.1, -0.05) is 18.2 Å². The second kappa shape index (κ2) is 9.93. The number of rotatable bonds is 7. The average molecular weight is 480 g/mol. The Labute approximate surface area is 205 Å². The van der Waals surface area contributed by atoms with Crippen LogP contribution in [0.1, 0.15) is 61.0 Å². The lowest BCUT2D eigenvalue weighted by Crippen LogP contribution is -2.33. The third-order valence-corrected chi connectivity index (χ3v) is 6.64. The Morgan fingerprint density at radius 3 is 2.59 bits per heavy atom. The molecule has 178 valence electrons. The second-order valence-corrected chi connectivity index (χ2v) is 9.27. The molecule has 8 heteroatoms. The molecule has 1 fully saturated rings. The zero-order chi connectivity index (χ0) is 24.4. The molecule has 0 unspecified atom stereocenters. The van der Waals surface area contributed by atoms with E-state index in [-0.39, 0.29) is 30.1 Å². The Bertz CT molecular complexity index is 1190. The number of aryl methyl sites for hydroxylation is 1. The Morgan fingerprint density at radius 2 is 1.94 bits per heavy atom. The third-order valence-electron chi connectivity index (χ3n) is 6.28. The Hall–Kier alpha value is -3.26. The Balaban J connectivity index is 1.62. The lowest BCUT2D eigenvalue weighted by molar-refractivity contribution is -0.116. The van der Waals surface area contributed by atoms with Crippen LogP contribution in [0.3, 0.4) is 0 Å². The number of para-hydroxylation sites is 1. The van der Waals surface area contributed by atoms with Crippen molar-refractivity contribution in [2.24, 2.45) is 0 Å². The molecule has 0 aliphatic carbocycles. The fourth-order valence-electron chi connectivity index (χ4n) is 4.88. The third kappa shape index (κ3) is 4.68. The standard InChI is InChI=1S/C26H30FN5OS/c1-16(2)32-17(3)15-19(18(32)4)25-24(22-11-7-8-13-28-22)30-26(34)31(25)14-12-23(33)29-21-10-6-5-9-20(21)27/h5-11,13,15-16,24-25H,12,14H2,1-4H3,(H,29,33)(H,30,34)/t24-,25+/m1/s1. The molecule has 4 rings (SSSR count). The predicted octanol–water partition coefficient (Wildman–Crippen LogP) is 5.22. The highest BCUT2D eigenvalue weighted by Gasteiger charge is 2.41. The van der Waals surface area contributed by atoms with Gasteiger partial charge >= 0.3 is 0 Å². The maximum absolute atomic E-state index is 14.0. The number of amides is 1. The molecule has 1 amide bonds. The Morgan fingerprint density at radius 1 is 1.21 bits per heavy atom. The van der Waals surface area contributed by atoms with Crippen molar-refractivity contribution in [2.45, 2.75) is 52.2 Å². The quantitative estimate of drug-likeness (QED) is 0.455. The summed E-state index contributed by atoms with van der Waals surface area (Å²) in [6.45, 7) is 8.97. The summed E-state index contributed by atoms with van der Waals surface area (Å²) in [6, 6.07) is 14.3. The lowest BCUT2D eigenvalue weighted by Gasteiger charge is -2.28. The summed E-state index contributed by atoms with van der Waals surface area (Å²) < 4.78 is 16.3. The predicted molar refractivity (Wildman–Crippen MR) is 136 cm³/mol. The number of benzene rings is 1. The van der Waals surface area contributed by atoms with Crippen LogP contribution in [-0.2, 0) is 4.79 Å². The number of hydrogen-bond acceptors (Lipinski definition) is 3. The van der Waals surface area contributed by atoms with E-state index in [1.807, 2.05) is 18.2 Å². The van der Waals surface area contributed by atoms with Gasteiger partial charge in [-0.25, -0.2) is 4.39 Å². The smallest absolute Gasteiger partial charge is 0.226 e. The molecule has 1 saturated heterocycles. The maximum atomic E-state index is 14.0. The summed E-state index contributed by atoms with van der Waals surface area (Å²) in [6.07, 6.45) is 1.95. The number of anilines is 1. The average Bonchev–Trinajstić information content (AvgIpc) is 3.29. The molecule has 3 aromatic rings. The summed E-state index contributed by atoms with van der Waals surface area (Å²) in [5.41, 5.74) is 4.58. The second-order valence-electron chi connectivity index (χ2n) is 8.89. The number of carbonyl (C=O) groups excluding carboxylic acids is 1. The van der Waals surface area contributed by atoms with Gasteiger partial charge in [-0.15, -0.1) is 0 Å². The number of halogens is 1. The van der Waals surface area contributed by atoms with Crippen LogP contribution in [-0.4, -0.2) is 32.0 Å². The van der Waals surface area contributed by atoms with E-state index in [4.69, 9.17) is 12.2 Å². The number of thiocarbonyl (C=S) groups is 1. The summed E-state index contributed by atoms with van der Waals surface area (Å²) in [4.78, 5) is 19.3. The van der Waals surface area contributed by atoms with Crippen LogP contribution in [0.2, 0.25) is 0 Å². The molecule has 2 aromatic heterocycles. The number of aromatic nitrogens is 2. The van der Waals surface area contributed by atoms with Crippen LogP contribution in [0, 0.1) is 19.7 Å². The molecule has 6 nitrogen and oxygen atoms in total. The van der Waals surface area contributed by atoms with Crippen molar-refractivity contribution >= 4 is 28.9 Å². The maximum Gasteiger partial charge on any atom is 0.226 e. The highest BCUT2D eigenvalue weighted by atomic mass is 32.1. The van der Waals surface area contributed by atoms with Gasteiger partial charge in [-0.2, -0.15) is 0 Å². The minimum absolute atomic E-state index is 0.123. The van der Waals surface area contributed by atoms with E-state index in [1.54, 1.807) is 24.4 Å². The molecule has 1 aliphatic rings. The van der Waals surface area contributed by atoms with Crippen LogP contribution in [0.4, 0.5) is 10.1 Å². The number of carbonyl (C=O) groups is 1. The van der Waals surface area contributed by atoms with Crippen molar-refractivity contribution in [1.29, 1.82) is 0 Å². The first-order chi connectivity index (χ1) is 16.3. The molecule has 0 bridgehead atoms. The van der Waals surface area contributed by atoms with E-state index in [1.165, 1.54) is 17.5 Å². The van der Waals surface area contributed by atoms with Crippen molar-refractivity contribution in [2.75, 3.05) is 11.9 Å². The number of nitrogens with zero attached hydrogens (tertiary/aromatic N) is 3. The zero-order valence-electron chi connectivity index (χ0n) is 19.9. The van der Waals surface area contributed by atoms with Crippen molar-refractivity contribution in [3.8, 4) is 0 Å². The molecule has 1 aliphatic heterocycles. The number of nitrogens with one attached hydrogen (secondary N) is 2. The minimum atomic E-state index is -0.455. The van der Waals surface area contributed by atoms with Crippen molar-refractivity contribution in [1.82, 2.24) is 19.8 Å². The molecule has 34 heavy (non-hydrogen) atoms. The normalized spacial score (nSPS) is 17.8. The first-order valence-corrected chi connectivity index (χ1v) is 11.9. The van der Waals surface area contributed by atoms with Crippen LogP contribution in [0.5, 0.6) is 0 Å². The molecule has 2 atom stereocenters. The fourth-order valence-corrected chi connectivity index (χ4v) is 5.21. The lowest BCUT2D eigenvalue weighted by atomic mass is 9.96. The molecular weight excluding hydrogens is 449 g/mol. The van der Waals surface area contributed by atoms with Crippen molar-refractivity contribution in [3.05, 3.63) is 83.2 Å². The van der Waals surface area contributed by atoms with Gasteiger partial charge in [0.15, 0.2) is 5.11 Å². The van der Waals surface area contributed by atoms with E-state index >= 15 is 0 Å². The van der Waals surface area contributed by atoms with Gasteiger partial charge < -0.3 is 20.1 Å². The fraction of sp³-hybridized carbons (Fsp3) is 0.346. The van der Waals surface area contributed by atoms with Crippen LogP contribution < -0.4 is 10.6 Å². The number of hydrogen-bond donors (Lipinski definition) is 2. The van der Waals surface area contributed by atoms with Gasteiger partial charge in [0.1, 0.15) is 5.82 Å². The van der Waals surface area contributed by atoms with Gasteiger partial charge in [-0.05, 0) is 75.8 Å². The highest BCUT2D eigenvalue weighted by molar-refractivity contribution is 7.80. The van der Waals surface area contributed by atoms with E-state index in [9.17, 15) is 9.18 Å². The molecule has 0 spiro atoms. The van der Waals surface area contributed by atoms with Crippen molar-refractivity contribution < 1.29 is 9.18 Å². The van der Waals surface area contributed by atoms with Crippen molar-refractivity contribution in [3.63, 3.8) is 0 Å². The van der Waals surface area contributed by atoms with E-state index in [0.29, 0.717) is 17.7 Å². The topological polar surface area (TPSA) is 62.2 Å².